The molecule has 1 aromatic heterocycles. The fourth-order valence-electron chi connectivity index (χ4n) is 0.456. The van der Waals surface area contributed by atoms with Crippen molar-refractivity contribution < 1.29 is 5.11 Å². The lowest BCUT2D eigenvalue weighted by molar-refractivity contribution is 0.487. The van der Waals surface area contributed by atoms with E-state index < -0.39 is 0 Å². The lowest BCUT2D eigenvalue weighted by atomic mass is 10.4. The summed E-state index contributed by atoms with van der Waals surface area (Å²) < 4.78 is 0.861. The van der Waals surface area contributed by atoms with E-state index in [-0.39, 0.29) is 0 Å². The zero-order valence-corrected chi connectivity index (χ0v) is 6.09. The third-order valence-corrected chi connectivity index (χ3v) is 2.12. The van der Waals surface area contributed by atoms with Gasteiger partial charge in [-0.15, -0.1) is 12.6 Å². The van der Waals surface area contributed by atoms with Crippen LogP contribution in [-0.4, -0.2) is 5.11 Å². The molecule has 44 valence electrons. The van der Waals surface area contributed by atoms with Crippen molar-refractivity contribution in [2.45, 2.75) is 11.1 Å². The van der Waals surface area contributed by atoms with Gasteiger partial charge >= 0.3 is 0 Å². The van der Waals surface area contributed by atoms with Crippen molar-refractivity contribution in [1.82, 2.24) is 0 Å². The summed E-state index contributed by atoms with van der Waals surface area (Å²) in [6.07, 6.45) is 0. The van der Waals surface area contributed by atoms with Crippen molar-refractivity contribution in [3.05, 3.63) is 11.6 Å². The van der Waals surface area contributed by atoms with E-state index in [0.717, 1.165) is 9.77 Å². The number of rotatable bonds is 0. The zero-order valence-electron chi connectivity index (χ0n) is 4.38. The molecule has 0 aromatic carbocycles. The number of hydrogen-bond acceptors (Lipinski definition) is 3. The van der Waals surface area contributed by atoms with E-state index in [2.05, 4.69) is 12.6 Å². The van der Waals surface area contributed by atoms with Gasteiger partial charge in [-0.05, 0) is 13.0 Å². The van der Waals surface area contributed by atoms with Crippen LogP contribution in [0.2, 0.25) is 0 Å². The van der Waals surface area contributed by atoms with Gasteiger partial charge in [0.15, 0.2) is 5.06 Å². The molecule has 1 heterocycles. The van der Waals surface area contributed by atoms with Gasteiger partial charge in [-0.2, -0.15) is 0 Å². The molecule has 0 saturated carbocycles. The van der Waals surface area contributed by atoms with Gasteiger partial charge in [0, 0.05) is 5.56 Å². The lowest BCUT2D eigenvalue weighted by Gasteiger charge is -1.79. The largest absolute Gasteiger partial charge is 0.499 e. The average molecular weight is 146 g/mol. The second kappa shape index (κ2) is 1.99. The Morgan fingerprint density at radius 3 is 2.50 bits per heavy atom. The Bertz CT molecular complexity index is 173. The molecular formula is C5H6OS2. The summed E-state index contributed by atoms with van der Waals surface area (Å²) in [6.45, 7) is 1.85. The third-order valence-electron chi connectivity index (χ3n) is 0.879. The second-order valence-corrected chi connectivity index (χ2v) is 3.39. The number of thiol groups is 1. The van der Waals surface area contributed by atoms with Gasteiger partial charge in [0.1, 0.15) is 0 Å². The molecule has 0 saturated heterocycles. The van der Waals surface area contributed by atoms with Gasteiger partial charge in [0.2, 0.25) is 0 Å². The van der Waals surface area contributed by atoms with Crippen molar-refractivity contribution in [2.75, 3.05) is 0 Å². The highest BCUT2D eigenvalue weighted by molar-refractivity contribution is 7.83. The maximum absolute atomic E-state index is 8.91. The average Bonchev–Trinajstić information content (AvgIpc) is 1.85. The highest BCUT2D eigenvalue weighted by Gasteiger charge is 1.97. The van der Waals surface area contributed by atoms with Crippen LogP contribution in [0.25, 0.3) is 0 Å². The van der Waals surface area contributed by atoms with E-state index in [4.69, 9.17) is 5.11 Å². The third kappa shape index (κ3) is 0.980. The molecule has 1 aromatic rings. The van der Waals surface area contributed by atoms with E-state index in [9.17, 15) is 0 Å². The van der Waals surface area contributed by atoms with Gasteiger partial charge in [0.05, 0.1) is 4.21 Å². The first-order valence-corrected chi connectivity index (χ1v) is 3.45. The molecule has 8 heavy (non-hydrogen) atoms. The fraction of sp³-hybridized carbons (Fsp3) is 0.200. The quantitative estimate of drug-likeness (QED) is 0.537. The summed E-state index contributed by atoms with van der Waals surface area (Å²) in [6, 6.07) is 1.84. The first kappa shape index (κ1) is 5.98. The van der Waals surface area contributed by atoms with Crippen molar-refractivity contribution in [1.29, 1.82) is 0 Å². The number of aryl methyl sites for hydroxylation is 1. The highest BCUT2D eigenvalue weighted by Crippen LogP contribution is 2.29. The highest BCUT2D eigenvalue weighted by atomic mass is 32.2. The summed E-state index contributed by atoms with van der Waals surface area (Å²) in [5.41, 5.74) is 0.903. The molecule has 0 aliphatic carbocycles. The molecule has 0 atom stereocenters. The van der Waals surface area contributed by atoms with Crippen LogP contribution in [0, 0.1) is 6.92 Å². The zero-order chi connectivity index (χ0) is 6.15. The Morgan fingerprint density at radius 1 is 1.75 bits per heavy atom. The molecule has 0 bridgehead atoms. The molecule has 0 amide bonds. The topological polar surface area (TPSA) is 20.2 Å². The Morgan fingerprint density at radius 2 is 2.38 bits per heavy atom. The van der Waals surface area contributed by atoms with Crippen LogP contribution in [0.15, 0.2) is 10.3 Å². The van der Waals surface area contributed by atoms with Crippen LogP contribution in [0.1, 0.15) is 5.56 Å². The maximum Gasteiger partial charge on any atom is 0.175 e. The van der Waals surface area contributed by atoms with Crippen LogP contribution in [0.5, 0.6) is 5.06 Å². The number of hydrogen-bond donors (Lipinski definition) is 2. The van der Waals surface area contributed by atoms with Gasteiger partial charge in [-0.1, -0.05) is 11.3 Å². The van der Waals surface area contributed by atoms with Gasteiger partial charge < -0.3 is 5.11 Å². The summed E-state index contributed by atoms with van der Waals surface area (Å²) in [5, 5.41) is 9.28. The SMILES string of the molecule is Cc1cc(S)sc1O. The molecular weight excluding hydrogens is 140 g/mol. The van der Waals surface area contributed by atoms with Crippen molar-refractivity contribution in [2.24, 2.45) is 0 Å². The minimum absolute atomic E-state index is 0.370. The van der Waals surface area contributed by atoms with Crippen LogP contribution >= 0.6 is 24.0 Å². The van der Waals surface area contributed by atoms with Gasteiger partial charge in [-0.25, -0.2) is 0 Å². The summed E-state index contributed by atoms with van der Waals surface area (Å²) >= 11 is 5.32. The summed E-state index contributed by atoms with van der Waals surface area (Å²) in [7, 11) is 0. The Kier molecular flexibility index (Phi) is 1.49. The monoisotopic (exact) mass is 146 g/mol. The minimum atomic E-state index is 0.370. The van der Waals surface area contributed by atoms with Gasteiger partial charge in [0.25, 0.3) is 0 Å². The predicted molar refractivity (Wildman–Crippen MR) is 38.0 cm³/mol. The Labute approximate surface area is 57.4 Å². The van der Waals surface area contributed by atoms with E-state index in [1.165, 1.54) is 11.3 Å². The predicted octanol–water partition coefficient (Wildman–Crippen LogP) is 2.05. The molecule has 0 unspecified atom stereocenters. The van der Waals surface area contributed by atoms with Gasteiger partial charge in [-0.3, -0.25) is 0 Å². The molecule has 0 aliphatic rings. The van der Waals surface area contributed by atoms with E-state index in [1.54, 1.807) is 0 Å². The summed E-state index contributed by atoms with van der Waals surface area (Å²) in [5.74, 6) is 0. The van der Waals surface area contributed by atoms with E-state index in [0.29, 0.717) is 5.06 Å². The molecule has 1 N–H and O–H groups in total. The van der Waals surface area contributed by atoms with Crippen molar-refractivity contribution in [3.8, 4) is 5.06 Å². The first-order valence-electron chi connectivity index (χ1n) is 2.18. The minimum Gasteiger partial charge on any atom is -0.499 e. The van der Waals surface area contributed by atoms with Crippen LogP contribution in [0.4, 0.5) is 0 Å². The Balaban J connectivity index is 3.14. The number of aromatic hydroxyl groups is 1. The van der Waals surface area contributed by atoms with E-state index >= 15 is 0 Å². The first-order chi connectivity index (χ1) is 3.70. The smallest absolute Gasteiger partial charge is 0.175 e. The lowest BCUT2D eigenvalue weighted by Crippen LogP contribution is -1.56. The van der Waals surface area contributed by atoms with Crippen molar-refractivity contribution in [3.63, 3.8) is 0 Å². The van der Waals surface area contributed by atoms with Crippen molar-refractivity contribution >= 4 is 24.0 Å². The normalized spacial score (nSPS) is 9.75. The second-order valence-electron chi connectivity index (χ2n) is 1.57. The van der Waals surface area contributed by atoms with E-state index in [1.807, 2.05) is 13.0 Å². The molecule has 0 spiro atoms. The summed E-state index contributed by atoms with van der Waals surface area (Å²) in [4.78, 5) is 0. The van der Waals surface area contributed by atoms with Crippen LogP contribution in [-0.2, 0) is 0 Å². The standard InChI is InChI=1S/C5H6OS2/c1-3-2-4(7)8-5(3)6/h2,6-7H,1H3. The fourth-order valence-corrected chi connectivity index (χ4v) is 1.56. The van der Waals surface area contributed by atoms with Crippen LogP contribution < -0.4 is 0 Å². The molecule has 3 heteroatoms. The molecule has 1 rings (SSSR count). The molecule has 0 radical (unpaired) electrons. The number of thiophene rings is 1. The molecule has 0 aliphatic heterocycles. The maximum atomic E-state index is 8.91. The molecule has 0 fully saturated rings. The molecule has 1 nitrogen and oxygen atoms in total. The van der Waals surface area contributed by atoms with Crippen LogP contribution in [0.3, 0.4) is 0 Å². The Hall–Kier alpha value is -0.150.